The summed E-state index contributed by atoms with van der Waals surface area (Å²) >= 11 is 0. The second-order valence-electron chi connectivity index (χ2n) is 8.12. The summed E-state index contributed by atoms with van der Waals surface area (Å²) in [7, 11) is 4.20. The van der Waals surface area contributed by atoms with Gasteiger partial charge in [0.15, 0.2) is 5.75 Å². The fraction of sp³-hybridized carbons (Fsp3) is 0.435. The number of nitro groups is 1. The maximum absolute atomic E-state index is 12.4. The van der Waals surface area contributed by atoms with Crippen LogP contribution in [0.15, 0.2) is 42.5 Å². The highest BCUT2D eigenvalue weighted by atomic mass is 16.6. The number of hydrogen-bond acceptors (Lipinski definition) is 6. The SMILES string of the molecule is CCCCOc1ccc(NC(=O)Nc2ccc(N3CCC(N(C)C)C3)cc2)cc1[N+](=O)[O-]. The van der Waals surface area contributed by atoms with Crippen LogP contribution >= 0.6 is 0 Å². The minimum atomic E-state index is -0.512. The number of benzene rings is 2. The molecule has 2 aromatic rings. The monoisotopic (exact) mass is 441 g/mol. The summed E-state index contributed by atoms with van der Waals surface area (Å²) in [6.45, 7) is 4.42. The highest BCUT2D eigenvalue weighted by Gasteiger charge is 2.24. The largest absolute Gasteiger partial charge is 0.487 e. The number of amides is 2. The molecule has 2 N–H and O–H groups in total. The van der Waals surface area contributed by atoms with Crippen molar-refractivity contribution in [2.24, 2.45) is 0 Å². The zero-order valence-electron chi connectivity index (χ0n) is 18.8. The molecule has 32 heavy (non-hydrogen) atoms. The topological polar surface area (TPSA) is 100.0 Å². The predicted octanol–water partition coefficient (Wildman–Crippen LogP) is 4.56. The molecule has 1 aliphatic rings. The molecule has 1 atom stereocenters. The molecule has 0 spiro atoms. The Labute approximate surface area is 188 Å². The van der Waals surface area contributed by atoms with Crippen LogP contribution in [-0.4, -0.2) is 55.7 Å². The summed E-state index contributed by atoms with van der Waals surface area (Å²) in [6, 6.07) is 12.2. The molecule has 1 fully saturated rings. The molecule has 0 saturated carbocycles. The van der Waals surface area contributed by atoms with Crippen molar-refractivity contribution < 1.29 is 14.5 Å². The molecular formula is C23H31N5O4. The first-order chi connectivity index (χ1) is 15.4. The van der Waals surface area contributed by atoms with Gasteiger partial charge >= 0.3 is 11.7 Å². The van der Waals surface area contributed by atoms with Crippen molar-refractivity contribution in [2.45, 2.75) is 32.2 Å². The fourth-order valence-corrected chi connectivity index (χ4v) is 3.63. The van der Waals surface area contributed by atoms with E-state index >= 15 is 0 Å². The minimum Gasteiger partial charge on any atom is -0.487 e. The normalized spacial score (nSPS) is 15.6. The van der Waals surface area contributed by atoms with E-state index in [1.165, 1.54) is 12.1 Å². The number of carbonyl (C=O) groups is 1. The van der Waals surface area contributed by atoms with E-state index in [4.69, 9.17) is 4.74 Å². The van der Waals surface area contributed by atoms with E-state index in [1.54, 1.807) is 6.07 Å². The van der Waals surface area contributed by atoms with Gasteiger partial charge in [-0.3, -0.25) is 10.1 Å². The van der Waals surface area contributed by atoms with Gasteiger partial charge in [-0.05, 0) is 63.3 Å². The molecular weight excluding hydrogens is 410 g/mol. The summed E-state index contributed by atoms with van der Waals surface area (Å²) in [5.41, 5.74) is 1.91. The van der Waals surface area contributed by atoms with Gasteiger partial charge in [0.2, 0.25) is 0 Å². The lowest BCUT2D eigenvalue weighted by Gasteiger charge is -2.22. The second kappa shape index (κ2) is 10.8. The van der Waals surface area contributed by atoms with Crippen molar-refractivity contribution in [3.05, 3.63) is 52.6 Å². The molecule has 1 aliphatic heterocycles. The molecule has 172 valence electrons. The number of nitrogens with zero attached hydrogens (tertiary/aromatic N) is 3. The van der Waals surface area contributed by atoms with Crippen molar-refractivity contribution >= 4 is 28.8 Å². The van der Waals surface area contributed by atoms with Crippen LogP contribution in [-0.2, 0) is 0 Å². The molecule has 2 aromatic carbocycles. The predicted molar refractivity (Wildman–Crippen MR) is 127 cm³/mol. The smallest absolute Gasteiger partial charge is 0.323 e. The number of unbranched alkanes of at least 4 members (excludes halogenated alkanes) is 1. The molecule has 9 nitrogen and oxygen atoms in total. The Morgan fingerprint density at radius 1 is 1.19 bits per heavy atom. The maximum Gasteiger partial charge on any atom is 0.323 e. The number of anilines is 3. The number of hydrogen-bond donors (Lipinski definition) is 2. The Morgan fingerprint density at radius 2 is 1.88 bits per heavy atom. The first kappa shape index (κ1) is 23.3. The summed E-state index contributed by atoms with van der Waals surface area (Å²) < 4.78 is 5.49. The van der Waals surface area contributed by atoms with Gasteiger partial charge in [-0.25, -0.2) is 4.79 Å². The van der Waals surface area contributed by atoms with Gasteiger partial charge in [0, 0.05) is 42.3 Å². The van der Waals surface area contributed by atoms with Crippen LogP contribution in [0.2, 0.25) is 0 Å². The molecule has 9 heteroatoms. The van der Waals surface area contributed by atoms with E-state index in [0.717, 1.165) is 38.0 Å². The molecule has 3 rings (SSSR count). The molecule has 0 aliphatic carbocycles. The Balaban J connectivity index is 1.58. The number of ether oxygens (including phenoxy) is 1. The Kier molecular flexibility index (Phi) is 7.88. The van der Waals surface area contributed by atoms with E-state index in [2.05, 4.69) is 34.5 Å². The molecule has 0 bridgehead atoms. The standard InChI is InChI=1S/C23H31N5O4/c1-4-5-14-32-22-11-8-18(15-21(22)28(30)31)25-23(29)24-17-6-9-19(10-7-17)27-13-12-20(16-27)26(2)3/h6-11,15,20H,4-5,12-14,16H2,1-3H3,(H2,24,25,29). The van der Waals surface area contributed by atoms with Crippen LogP contribution in [0.1, 0.15) is 26.2 Å². The third-order valence-electron chi connectivity index (χ3n) is 5.55. The van der Waals surface area contributed by atoms with Crippen molar-refractivity contribution in [3.8, 4) is 5.75 Å². The van der Waals surface area contributed by atoms with Gasteiger partial charge in [-0.2, -0.15) is 0 Å². The number of likely N-dealkylation sites (N-methyl/N-ethyl adjacent to an activating group) is 1. The van der Waals surface area contributed by atoms with Crippen LogP contribution in [0.5, 0.6) is 5.75 Å². The molecule has 0 aromatic heterocycles. The lowest BCUT2D eigenvalue weighted by Crippen LogP contribution is -2.31. The summed E-state index contributed by atoms with van der Waals surface area (Å²) in [6.07, 6.45) is 2.87. The number of urea groups is 1. The van der Waals surface area contributed by atoms with Gasteiger partial charge in [-0.15, -0.1) is 0 Å². The molecule has 2 amide bonds. The van der Waals surface area contributed by atoms with Crippen LogP contribution in [0.25, 0.3) is 0 Å². The molecule has 1 unspecified atom stereocenters. The van der Waals surface area contributed by atoms with E-state index in [1.807, 2.05) is 31.2 Å². The molecule has 1 heterocycles. The Hall–Kier alpha value is -3.33. The lowest BCUT2D eigenvalue weighted by molar-refractivity contribution is -0.385. The summed E-state index contributed by atoms with van der Waals surface area (Å²) in [5.74, 6) is 0.198. The van der Waals surface area contributed by atoms with Gasteiger partial charge in [-0.1, -0.05) is 13.3 Å². The number of rotatable bonds is 9. The van der Waals surface area contributed by atoms with Gasteiger partial charge in [0.1, 0.15) is 0 Å². The zero-order chi connectivity index (χ0) is 23.1. The number of nitro benzene ring substituents is 1. The average molecular weight is 442 g/mol. The first-order valence-electron chi connectivity index (χ1n) is 10.9. The van der Waals surface area contributed by atoms with Crippen molar-refractivity contribution in [2.75, 3.05) is 49.3 Å². The zero-order valence-corrected chi connectivity index (χ0v) is 18.8. The molecule has 1 saturated heterocycles. The Morgan fingerprint density at radius 3 is 2.50 bits per heavy atom. The van der Waals surface area contributed by atoms with Crippen molar-refractivity contribution in [1.29, 1.82) is 0 Å². The second-order valence-corrected chi connectivity index (χ2v) is 8.12. The van der Waals surface area contributed by atoms with E-state index in [9.17, 15) is 14.9 Å². The van der Waals surface area contributed by atoms with Crippen LogP contribution in [0.4, 0.5) is 27.5 Å². The first-order valence-corrected chi connectivity index (χ1v) is 10.9. The van der Waals surface area contributed by atoms with Crippen LogP contribution in [0.3, 0.4) is 0 Å². The fourth-order valence-electron chi connectivity index (χ4n) is 3.63. The third-order valence-corrected chi connectivity index (χ3v) is 5.55. The van der Waals surface area contributed by atoms with Gasteiger partial charge < -0.3 is 25.2 Å². The van der Waals surface area contributed by atoms with E-state index in [-0.39, 0.29) is 11.4 Å². The molecule has 0 radical (unpaired) electrons. The quantitative estimate of drug-likeness (QED) is 0.336. The van der Waals surface area contributed by atoms with Crippen LogP contribution < -0.4 is 20.3 Å². The highest BCUT2D eigenvalue weighted by Crippen LogP contribution is 2.30. The van der Waals surface area contributed by atoms with E-state index in [0.29, 0.717) is 24.0 Å². The number of nitrogens with one attached hydrogen (secondary N) is 2. The summed E-state index contributed by atoms with van der Waals surface area (Å²) in [5, 5.41) is 16.8. The Bertz CT molecular complexity index is 932. The van der Waals surface area contributed by atoms with Crippen molar-refractivity contribution in [1.82, 2.24) is 4.90 Å². The minimum absolute atomic E-state index is 0.176. The van der Waals surface area contributed by atoms with Crippen molar-refractivity contribution in [3.63, 3.8) is 0 Å². The van der Waals surface area contributed by atoms with Crippen LogP contribution in [0, 0.1) is 10.1 Å². The van der Waals surface area contributed by atoms with Gasteiger partial charge in [0.05, 0.1) is 11.5 Å². The third kappa shape index (κ3) is 6.10. The number of carbonyl (C=O) groups excluding carboxylic acids is 1. The van der Waals surface area contributed by atoms with Gasteiger partial charge in [0.25, 0.3) is 0 Å². The lowest BCUT2D eigenvalue weighted by atomic mass is 10.2. The maximum atomic E-state index is 12.4. The average Bonchev–Trinajstić information content (AvgIpc) is 3.26. The van der Waals surface area contributed by atoms with E-state index < -0.39 is 11.0 Å². The summed E-state index contributed by atoms with van der Waals surface area (Å²) in [4.78, 5) is 27.8. The highest BCUT2D eigenvalue weighted by molar-refractivity contribution is 6.00.